The van der Waals surface area contributed by atoms with Gasteiger partial charge in [-0.3, -0.25) is 0 Å². The number of anilines is 4. The largest absolute Gasteiger partial charge is 0.612 e. The van der Waals surface area contributed by atoms with E-state index in [-0.39, 0.29) is 11.5 Å². The second-order valence-electron chi connectivity index (χ2n) is 9.71. The van der Waals surface area contributed by atoms with Gasteiger partial charge in [-0.15, -0.1) is 11.8 Å². The highest BCUT2D eigenvalue weighted by Crippen LogP contribution is 2.30. The Hall–Kier alpha value is -4.58. The molecule has 0 spiro atoms. The van der Waals surface area contributed by atoms with Crippen molar-refractivity contribution >= 4 is 67.8 Å². The standard InChI is InChI=1S/C16H15N3O2S.C16H15N3OS/c1-10-3-4-11(20)7-15(10)19-16-13-8-12(22(2)21)5-6-14(13)17-9-18-16;1-10-3-4-11(20)7-15(10)19-16-13-8-12(21-2)5-6-14(13)17-9-18-16/h3-9,20H,1-2H3,(H,17,18,19);3-9,20H,1-2H3,(H,17,18,19). The van der Waals surface area contributed by atoms with Gasteiger partial charge in [0.15, 0.2) is 4.90 Å². The van der Waals surface area contributed by atoms with E-state index >= 15 is 0 Å². The van der Waals surface area contributed by atoms with E-state index < -0.39 is 11.2 Å². The summed E-state index contributed by atoms with van der Waals surface area (Å²) in [5.74, 6) is 1.77. The predicted octanol–water partition coefficient (Wildman–Crippen LogP) is 7.23. The van der Waals surface area contributed by atoms with Crippen molar-refractivity contribution in [3.8, 4) is 11.5 Å². The van der Waals surface area contributed by atoms with Gasteiger partial charge in [-0.2, -0.15) is 0 Å². The van der Waals surface area contributed by atoms with E-state index in [1.165, 1.54) is 6.33 Å². The van der Waals surface area contributed by atoms with Crippen molar-refractivity contribution in [3.63, 3.8) is 0 Å². The van der Waals surface area contributed by atoms with E-state index in [1.54, 1.807) is 54.7 Å². The molecular weight excluding hydrogens is 581 g/mol. The fourth-order valence-electron chi connectivity index (χ4n) is 4.32. The minimum absolute atomic E-state index is 0.182. The Morgan fingerprint density at radius 2 is 1.19 bits per heavy atom. The molecule has 0 aliphatic rings. The molecule has 0 aliphatic carbocycles. The van der Waals surface area contributed by atoms with Crippen LogP contribution in [0.2, 0.25) is 0 Å². The number of nitrogens with one attached hydrogen (secondary N) is 2. The monoisotopic (exact) mass is 610 g/mol. The molecule has 1 atom stereocenters. The number of aromatic hydroxyl groups is 2. The number of nitrogens with zero attached hydrogens (tertiary/aromatic N) is 4. The zero-order valence-corrected chi connectivity index (χ0v) is 25.6. The fraction of sp³-hybridized carbons (Fsp3) is 0.125. The zero-order chi connectivity index (χ0) is 30.5. The lowest BCUT2D eigenvalue weighted by molar-refractivity contribution is 0.475. The number of fused-ring (bicyclic) bond motifs is 2. The molecule has 9 nitrogen and oxygen atoms in total. The SMILES string of the molecule is CSc1ccc2ncnc(Nc3cc(O)ccc3C)c2c1.Cc1ccc(O)cc1Nc1ncnc2ccc([S+](C)[O-])cc12. The summed E-state index contributed by atoms with van der Waals surface area (Å²) in [6.07, 6.45) is 6.70. The molecule has 4 N–H and O–H groups in total. The summed E-state index contributed by atoms with van der Waals surface area (Å²) in [6.45, 7) is 3.93. The molecule has 0 aliphatic heterocycles. The van der Waals surface area contributed by atoms with Gasteiger partial charge in [0.2, 0.25) is 0 Å². The van der Waals surface area contributed by atoms with E-state index in [0.717, 1.165) is 59.9 Å². The molecule has 0 bridgehead atoms. The molecule has 0 fully saturated rings. The summed E-state index contributed by atoms with van der Waals surface area (Å²) in [6, 6.07) is 21.9. The van der Waals surface area contributed by atoms with Crippen molar-refractivity contribution < 1.29 is 14.8 Å². The molecular formula is C32H30N6O3S2. The van der Waals surface area contributed by atoms with Crippen LogP contribution in [0, 0.1) is 13.8 Å². The Balaban J connectivity index is 0.000000171. The van der Waals surface area contributed by atoms with Crippen LogP contribution in [-0.2, 0) is 11.2 Å². The number of phenolic OH excluding ortho intramolecular Hbond substituents is 2. The normalized spacial score (nSPS) is 11.6. The highest BCUT2D eigenvalue weighted by Gasteiger charge is 2.11. The minimum Gasteiger partial charge on any atom is -0.612 e. The third kappa shape index (κ3) is 7.08. The van der Waals surface area contributed by atoms with Gasteiger partial charge in [-0.05, 0) is 84.9 Å². The van der Waals surface area contributed by atoms with Crippen LogP contribution in [0.3, 0.4) is 0 Å². The van der Waals surface area contributed by atoms with Crippen LogP contribution in [-0.4, -0.2) is 47.2 Å². The number of aryl methyl sites for hydroxylation is 2. The van der Waals surface area contributed by atoms with Crippen LogP contribution in [0.1, 0.15) is 11.1 Å². The molecule has 0 amide bonds. The molecule has 6 aromatic rings. The van der Waals surface area contributed by atoms with Crippen molar-refractivity contribution in [2.75, 3.05) is 23.1 Å². The average Bonchev–Trinajstić information content (AvgIpc) is 3.01. The van der Waals surface area contributed by atoms with Crippen molar-refractivity contribution in [2.45, 2.75) is 23.6 Å². The quantitative estimate of drug-likeness (QED) is 0.113. The molecule has 43 heavy (non-hydrogen) atoms. The van der Waals surface area contributed by atoms with E-state index in [4.69, 9.17) is 0 Å². The maximum Gasteiger partial charge on any atom is 0.153 e. The van der Waals surface area contributed by atoms with Gasteiger partial charge in [0.1, 0.15) is 42.0 Å². The van der Waals surface area contributed by atoms with Crippen molar-refractivity contribution in [2.24, 2.45) is 0 Å². The Morgan fingerprint density at radius 3 is 1.70 bits per heavy atom. The minimum atomic E-state index is -1.07. The van der Waals surface area contributed by atoms with Gasteiger partial charge < -0.3 is 25.4 Å². The second kappa shape index (κ2) is 13.2. The highest BCUT2D eigenvalue weighted by molar-refractivity contribution is 7.98. The summed E-state index contributed by atoms with van der Waals surface area (Å²) in [5.41, 5.74) is 5.29. The Bertz CT molecular complexity index is 1920. The van der Waals surface area contributed by atoms with E-state index in [9.17, 15) is 14.8 Å². The molecule has 0 saturated carbocycles. The van der Waals surface area contributed by atoms with Crippen LogP contribution in [0.15, 0.2) is 95.2 Å². The summed E-state index contributed by atoms with van der Waals surface area (Å²) in [4.78, 5) is 19.0. The molecule has 0 radical (unpaired) electrons. The summed E-state index contributed by atoms with van der Waals surface area (Å²) in [7, 11) is 0. The number of phenols is 2. The lowest BCUT2D eigenvalue weighted by Crippen LogP contribution is -2.00. The van der Waals surface area contributed by atoms with Crippen LogP contribution in [0.4, 0.5) is 23.0 Å². The maximum absolute atomic E-state index is 11.7. The number of thioether (sulfide) groups is 1. The van der Waals surface area contributed by atoms with Gasteiger partial charge in [-0.25, -0.2) is 19.9 Å². The van der Waals surface area contributed by atoms with Crippen LogP contribution < -0.4 is 10.6 Å². The van der Waals surface area contributed by atoms with Crippen molar-refractivity contribution in [1.82, 2.24) is 19.9 Å². The van der Waals surface area contributed by atoms with Gasteiger partial charge in [0.25, 0.3) is 0 Å². The molecule has 11 heteroatoms. The molecule has 218 valence electrons. The molecule has 0 saturated heterocycles. The summed E-state index contributed by atoms with van der Waals surface area (Å²) < 4.78 is 11.7. The predicted molar refractivity (Wildman–Crippen MR) is 175 cm³/mol. The zero-order valence-electron chi connectivity index (χ0n) is 24.0. The van der Waals surface area contributed by atoms with E-state index in [0.29, 0.717) is 5.82 Å². The average molecular weight is 611 g/mol. The summed E-state index contributed by atoms with van der Waals surface area (Å²) in [5, 5.41) is 27.5. The topological polar surface area (TPSA) is 139 Å². The Morgan fingerprint density at radius 1 is 0.674 bits per heavy atom. The number of hydrogen-bond donors (Lipinski definition) is 4. The molecule has 2 heterocycles. The van der Waals surface area contributed by atoms with E-state index in [2.05, 4.69) is 36.6 Å². The van der Waals surface area contributed by atoms with Gasteiger partial charge in [-0.1, -0.05) is 12.1 Å². The van der Waals surface area contributed by atoms with Crippen LogP contribution in [0.25, 0.3) is 21.8 Å². The molecule has 2 aromatic heterocycles. The smallest absolute Gasteiger partial charge is 0.153 e. The lowest BCUT2D eigenvalue weighted by Gasteiger charge is -2.12. The number of benzene rings is 4. The number of rotatable bonds is 6. The second-order valence-corrected chi connectivity index (χ2v) is 12.0. The highest BCUT2D eigenvalue weighted by atomic mass is 32.2. The third-order valence-electron chi connectivity index (χ3n) is 6.73. The summed E-state index contributed by atoms with van der Waals surface area (Å²) >= 11 is 0.610. The molecule has 4 aromatic carbocycles. The number of aromatic nitrogens is 4. The lowest BCUT2D eigenvalue weighted by atomic mass is 10.1. The third-order valence-corrected chi connectivity index (χ3v) is 8.37. The number of hydrogen-bond acceptors (Lipinski definition) is 10. The van der Waals surface area contributed by atoms with E-state index in [1.807, 2.05) is 56.5 Å². The van der Waals surface area contributed by atoms with Gasteiger partial charge >= 0.3 is 0 Å². The first kappa shape index (κ1) is 29.9. The van der Waals surface area contributed by atoms with Crippen LogP contribution >= 0.6 is 11.8 Å². The molecule has 6 rings (SSSR count). The fourth-order valence-corrected chi connectivity index (χ4v) is 5.30. The van der Waals surface area contributed by atoms with Crippen molar-refractivity contribution in [3.05, 3.63) is 96.6 Å². The first-order valence-electron chi connectivity index (χ1n) is 13.2. The van der Waals surface area contributed by atoms with Gasteiger partial charge in [0, 0.05) is 45.2 Å². The first-order valence-corrected chi connectivity index (χ1v) is 16.0. The Kier molecular flexibility index (Phi) is 9.15. The van der Waals surface area contributed by atoms with Gasteiger partial charge in [0.05, 0.1) is 11.0 Å². The molecule has 1 unspecified atom stereocenters. The Labute approximate surface area is 256 Å². The van der Waals surface area contributed by atoms with Crippen molar-refractivity contribution in [1.29, 1.82) is 0 Å². The maximum atomic E-state index is 11.7. The first-order chi connectivity index (χ1) is 20.7. The van der Waals surface area contributed by atoms with Crippen LogP contribution in [0.5, 0.6) is 11.5 Å².